The quantitative estimate of drug-likeness (QED) is 0.757. The highest BCUT2D eigenvalue weighted by Gasteiger charge is 2.44. The van der Waals surface area contributed by atoms with Crippen LogP contribution in [-0.2, 0) is 21.0 Å². The summed E-state index contributed by atoms with van der Waals surface area (Å²) in [5, 5.41) is 3.19. The number of alkyl halides is 3. The van der Waals surface area contributed by atoms with Crippen LogP contribution in [0, 0.1) is 0 Å². The molecule has 1 saturated carbocycles. The zero-order valence-electron chi connectivity index (χ0n) is 16.6. The van der Waals surface area contributed by atoms with Crippen LogP contribution in [0.3, 0.4) is 0 Å². The van der Waals surface area contributed by atoms with Crippen molar-refractivity contribution in [3.05, 3.63) is 29.8 Å². The molecular weight excluding hydrogens is 419 g/mol. The summed E-state index contributed by atoms with van der Waals surface area (Å²) in [7, 11) is -4.06. The molecule has 2 heterocycles. The van der Waals surface area contributed by atoms with Crippen molar-refractivity contribution < 1.29 is 26.4 Å². The minimum Gasteiger partial charge on any atom is -0.341 e. The fourth-order valence-corrected chi connectivity index (χ4v) is 6.41. The van der Waals surface area contributed by atoms with Gasteiger partial charge in [0, 0.05) is 25.2 Å². The normalized spacial score (nSPS) is 23.9. The monoisotopic (exact) mass is 445 g/mol. The topological polar surface area (TPSA) is 69.7 Å². The second-order valence-electron chi connectivity index (χ2n) is 8.30. The summed E-state index contributed by atoms with van der Waals surface area (Å²) in [6.07, 6.45) is -0.405. The van der Waals surface area contributed by atoms with Crippen molar-refractivity contribution in [2.75, 3.05) is 19.6 Å². The van der Waals surface area contributed by atoms with E-state index in [2.05, 4.69) is 5.32 Å². The third-order valence-corrected chi connectivity index (χ3v) is 8.14. The third-order valence-electron chi connectivity index (χ3n) is 6.14. The Balaban J connectivity index is 1.50. The highest BCUT2D eigenvalue weighted by atomic mass is 32.2. The van der Waals surface area contributed by atoms with Crippen molar-refractivity contribution in [3.8, 4) is 0 Å². The number of likely N-dealkylation sites (tertiary alicyclic amines) is 1. The van der Waals surface area contributed by atoms with E-state index in [4.69, 9.17) is 0 Å². The number of hydrogen-bond acceptors (Lipinski definition) is 4. The largest absolute Gasteiger partial charge is 0.416 e. The molecule has 1 aromatic rings. The van der Waals surface area contributed by atoms with E-state index in [0.29, 0.717) is 38.8 Å². The molecule has 6 nitrogen and oxygen atoms in total. The Morgan fingerprint density at radius 2 is 1.73 bits per heavy atom. The van der Waals surface area contributed by atoms with Crippen molar-refractivity contribution in [3.63, 3.8) is 0 Å². The summed E-state index contributed by atoms with van der Waals surface area (Å²) < 4.78 is 67.2. The first kappa shape index (κ1) is 21.6. The summed E-state index contributed by atoms with van der Waals surface area (Å²) in [5.74, 6) is 0.0599. The van der Waals surface area contributed by atoms with Gasteiger partial charge in [-0.05, 0) is 63.3 Å². The maximum absolute atomic E-state index is 13.3. The number of hydrogen-bond donors (Lipinski definition) is 1. The SMILES string of the molecule is O=C([C@@H]1CCCN1)N1CCC(N(C2CC2)S(=O)(=O)c2cccc(C(F)(F)F)c2)CC1. The molecule has 166 valence electrons. The number of halogens is 3. The van der Waals surface area contributed by atoms with Gasteiger partial charge in [0.1, 0.15) is 0 Å². The standard InChI is InChI=1S/C20H26F3N3O3S/c21-20(22,23)14-3-1-4-17(13-14)30(28,29)26(15-6-7-15)16-8-11-25(12-9-16)19(27)18-5-2-10-24-18/h1,3-4,13,15-16,18,24H,2,5-12H2/t18-/m0/s1. The summed E-state index contributed by atoms with van der Waals surface area (Å²) in [6, 6.07) is 3.32. The molecule has 1 amide bonds. The second kappa shape index (κ2) is 8.12. The lowest BCUT2D eigenvalue weighted by molar-refractivity contribution is -0.137. The molecule has 2 aliphatic heterocycles. The van der Waals surface area contributed by atoms with Crippen LogP contribution in [0.15, 0.2) is 29.2 Å². The predicted molar refractivity (Wildman–Crippen MR) is 104 cm³/mol. The molecular formula is C20H26F3N3O3S. The summed E-state index contributed by atoms with van der Waals surface area (Å²) in [6.45, 7) is 1.75. The number of benzene rings is 1. The number of sulfonamides is 1. The molecule has 0 bridgehead atoms. The molecule has 0 spiro atoms. The van der Waals surface area contributed by atoms with Gasteiger partial charge in [-0.25, -0.2) is 8.42 Å². The first-order valence-corrected chi connectivity index (χ1v) is 11.8. The van der Waals surface area contributed by atoms with E-state index in [1.165, 1.54) is 10.4 Å². The van der Waals surface area contributed by atoms with Crippen molar-refractivity contribution in [1.82, 2.24) is 14.5 Å². The molecule has 4 rings (SSSR count). The zero-order valence-corrected chi connectivity index (χ0v) is 17.4. The molecule has 0 aromatic heterocycles. The fourth-order valence-electron chi connectivity index (χ4n) is 4.43. The maximum Gasteiger partial charge on any atom is 0.416 e. The molecule has 10 heteroatoms. The summed E-state index contributed by atoms with van der Waals surface area (Å²) in [5.41, 5.74) is -0.969. The molecule has 1 N–H and O–H groups in total. The van der Waals surface area contributed by atoms with Crippen LogP contribution in [0.4, 0.5) is 13.2 Å². The number of nitrogens with one attached hydrogen (secondary N) is 1. The molecule has 3 aliphatic rings. The van der Waals surface area contributed by atoms with Crippen LogP contribution in [0.1, 0.15) is 44.1 Å². The van der Waals surface area contributed by atoms with Gasteiger partial charge in [-0.15, -0.1) is 0 Å². The fraction of sp³-hybridized carbons (Fsp3) is 0.650. The lowest BCUT2D eigenvalue weighted by Crippen LogP contribution is -2.52. The van der Waals surface area contributed by atoms with Crippen molar-refractivity contribution in [2.24, 2.45) is 0 Å². The van der Waals surface area contributed by atoms with Gasteiger partial charge in [0.25, 0.3) is 0 Å². The van der Waals surface area contributed by atoms with Gasteiger partial charge < -0.3 is 10.2 Å². The van der Waals surface area contributed by atoms with Gasteiger partial charge in [0.05, 0.1) is 16.5 Å². The Labute approximate surface area is 174 Å². The Morgan fingerprint density at radius 3 is 2.30 bits per heavy atom. The Kier molecular flexibility index (Phi) is 5.84. The number of carbonyl (C=O) groups excluding carboxylic acids is 1. The number of carbonyl (C=O) groups is 1. The van der Waals surface area contributed by atoms with Crippen LogP contribution in [-0.4, -0.2) is 61.3 Å². The molecule has 1 aliphatic carbocycles. The molecule has 30 heavy (non-hydrogen) atoms. The number of nitrogens with zero attached hydrogens (tertiary/aromatic N) is 2. The molecule has 3 fully saturated rings. The van der Waals surface area contributed by atoms with E-state index < -0.39 is 21.8 Å². The van der Waals surface area contributed by atoms with Crippen LogP contribution in [0.5, 0.6) is 0 Å². The van der Waals surface area contributed by atoms with Crippen molar-refractivity contribution >= 4 is 15.9 Å². The molecule has 1 aromatic carbocycles. The molecule has 0 radical (unpaired) electrons. The van der Waals surface area contributed by atoms with Gasteiger partial charge in [-0.2, -0.15) is 17.5 Å². The number of rotatable bonds is 5. The summed E-state index contributed by atoms with van der Waals surface area (Å²) >= 11 is 0. The number of piperidine rings is 1. The molecule has 2 saturated heterocycles. The molecule has 1 atom stereocenters. The lowest BCUT2D eigenvalue weighted by atomic mass is 10.0. The Morgan fingerprint density at radius 1 is 1.07 bits per heavy atom. The highest BCUT2D eigenvalue weighted by Crippen LogP contribution is 2.38. The van der Waals surface area contributed by atoms with Crippen LogP contribution < -0.4 is 5.32 Å². The van der Waals surface area contributed by atoms with E-state index in [-0.39, 0.29) is 28.9 Å². The van der Waals surface area contributed by atoms with E-state index >= 15 is 0 Å². The van der Waals surface area contributed by atoms with Crippen LogP contribution in [0.25, 0.3) is 0 Å². The molecule has 0 unspecified atom stereocenters. The maximum atomic E-state index is 13.3. The smallest absolute Gasteiger partial charge is 0.341 e. The van der Waals surface area contributed by atoms with Crippen LogP contribution in [0.2, 0.25) is 0 Å². The van der Waals surface area contributed by atoms with E-state index in [1.807, 2.05) is 0 Å². The van der Waals surface area contributed by atoms with Gasteiger partial charge in [-0.3, -0.25) is 4.79 Å². The van der Waals surface area contributed by atoms with Crippen molar-refractivity contribution in [1.29, 1.82) is 0 Å². The second-order valence-corrected chi connectivity index (χ2v) is 10.1. The average molecular weight is 446 g/mol. The predicted octanol–water partition coefficient (Wildman–Crippen LogP) is 2.60. The zero-order chi connectivity index (χ0) is 21.5. The average Bonchev–Trinajstić information content (AvgIpc) is 3.38. The first-order valence-electron chi connectivity index (χ1n) is 10.4. The van der Waals surface area contributed by atoms with E-state index in [9.17, 15) is 26.4 Å². The number of amides is 1. The van der Waals surface area contributed by atoms with Crippen molar-refractivity contribution in [2.45, 2.75) is 67.7 Å². The van der Waals surface area contributed by atoms with Gasteiger partial charge >= 0.3 is 6.18 Å². The minimum atomic E-state index is -4.60. The lowest BCUT2D eigenvalue weighted by Gasteiger charge is -2.38. The van der Waals surface area contributed by atoms with E-state index in [1.54, 1.807) is 4.90 Å². The van der Waals surface area contributed by atoms with Crippen LogP contribution >= 0.6 is 0 Å². The third kappa shape index (κ3) is 4.36. The Bertz CT molecular complexity index is 888. The van der Waals surface area contributed by atoms with Gasteiger partial charge in [0.15, 0.2) is 0 Å². The highest BCUT2D eigenvalue weighted by molar-refractivity contribution is 7.89. The van der Waals surface area contributed by atoms with Gasteiger partial charge in [0.2, 0.25) is 15.9 Å². The Hall–Kier alpha value is -1.65. The van der Waals surface area contributed by atoms with E-state index in [0.717, 1.165) is 37.6 Å². The summed E-state index contributed by atoms with van der Waals surface area (Å²) in [4.78, 5) is 14.1. The first-order chi connectivity index (χ1) is 14.2. The van der Waals surface area contributed by atoms with Gasteiger partial charge in [-0.1, -0.05) is 6.07 Å². The minimum absolute atomic E-state index is 0.0599.